The van der Waals surface area contributed by atoms with Crippen molar-refractivity contribution in [3.05, 3.63) is 6.20 Å². The Bertz CT molecular complexity index is 436. The van der Waals surface area contributed by atoms with Crippen molar-refractivity contribution in [1.82, 2.24) is 19.7 Å². The minimum atomic E-state index is -3.61. The van der Waals surface area contributed by atoms with Crippen LogP contribution in [0.4, 0.5) is 0 Å². The largest absolute Gasteiger partial charge is 0.329 e. The van der Waals surface area contributed by atoms with Crippen molar-refractivity contribution in [3.63, 3.8) is 0 Å². The SMILES string of the molecule is Cn1nncc1S(=O)(=O)NC(C)(C)CN. The molecule has 0 spiro atoms. The van der Waals surface area contributed by atoms with Gasteiger partial charge in [-0.05, 0) is 13.8 Å². The zero-order chi connectivity index (χ0) is 11.7. The lowest BCUT2D eigenvalue weighted by molar-refractivity contribution is 0.458. The first kappa shape index (κ1) is 12.1. The minimum Gasteiger partial charge on any atom is -0.329 e. The smallest absolute Gasteiger partial charge is 0.259 e. The summed E-state index contributed by atoms with van der Waals surface area (Å²) in [6.07, 6.45) is 1.19. The number of rotatable bonds is 4. The molecular weight excluding hydrogens is 218 g/mol. The van der Waals surface area contributed by atoms with Gasteiger partial charge in [0.05, 0.1) is 6.20 Å². The fourth-order valence-corrected chi connectivity index (χ4v) is 2.47. The molecule has 1 aromatic heterocycles. The molecule has 7 nitrogen and oxygen atoms in total. The highest BCUT2D eigenvalue weighted by Gasteiger charge is 2.27. The summed E-state index contributed by atoms with van der Waals surface area (Å²) in [5, 5.41) is 7.08. The van der Waals surface area contributed by atoms with Crippen LogP contribution in [0.25, 0.3) is 0 Å². The highest BCUT2D eigenvalue weighted by molar-refractivity contribution is 7.89. The summed E-state index contributed by atoms with van der Waals surface area (Å²) in [4.78, 5) is 0. The molecule has 0 aliphatic carbocycles. The van der Waals surface area contributed by atoms with Gasteiger partial charge in [0.15, 0.2) is 5.03 Å². The number of aryl methyl sites for hydroxylation is 1. The number of aromatic nitrogens is 3. The van der Waals surface area contributed by atoms with Crippen molar-refractivity contribution in [2.45, 2.75) is 24.4 Å². The van der Waals surface area contributed by atoms with Crippen LogP contribution in [0.5, 0.6) is 0 Å². The van der Waals surface area contributed by atoms with Crippen LogP contribution in [-0.4, -0.2) is 35.5 Å². The van der Waals surface area contributed by atoms with Gasteiger partial charge in [-0.2, -0.15) is 0 Å². The second-order valence-corrected chi connectivity index (χ2v) is 5.52. The molecule has 1 aromatic rings. The quantitative estimate of drug-likeness (QED) is 0.682. The topological polar surface area (TPSA) is 103 Å². The average Bonchev–Trinajstić information content (AvgIpc) is 2.50. The van der Waals surface area contributed by atoms with Crippen LogP contribution >= 0.6 is 0 Å². The standard InChI is InChI=1S/C7H15N5O2S/c1-7(2,5-8)10-15(13,14)6-4-9-11-12(6)3/h4,10H,5,8H2,1-3H3. The third kappa shape index (κ3) is 2.74. The van der Waals surface area contributed by atoms with E-state index in [9.17, 15) is 8.42 Å². The summed E-state index contributed by atoms with van der Waals surface area (Å²) in [5.41, 5.74) is 4.75. The van der Waals surface area contributed by atoms with Gasteiger partial charge in [-0.1, -0.05) is 5.21 Å². The molecule has 0 bridgehead atoms. The van der Waals surface area contributed by atoms with E-state index in [4.69, 9.17) is 5.73 Å². The monoisotopic (exact) mass is 233 g/mol. The van der Waals surface area contributed by atoms with E-state index in [2.05, 4.69) is 15.0 Å². The molecule has 15 heavy (non-hydrogen) atoms. The van der Waals surface area contributed by atoms with Crippen LogP contribution < -0.4 is 10.5 Å². The van der Waals surface area contributed by atoms with Crippen molar-refractivity contribution in [2.75, 3.05) is 6.54 Å². The van der Waals surface area contributed by atoms with Crippen molar-refractivity contribution >= 4 is 10.0 Å². The molecule has 1 rings (SSSR count). The fraction of sp³-hybridized carbons (Fsp3) is 0.714. The highest BCUT2D eigenvalue weighted by Crippen LogP contribution is 2.09. The number of sulfonamides is 1. The second kappa shape index (κ2) is 3.87. The molecule has 1 heterocycles. The van der Waals surface area contributed by atoms with Crippen LogP contribution in [0.2, 0.25) is 0 Å². The summed E-state index contributed by atoms with van der Waals surface area (Å²) >= 11 is 0. The zero-order valence-corrected chi connectivity index (χ0v) is 9.74. The molecule has 3 N–H and O–H groups in total. The van der Waals surface area contributed by atoms with Crippen molar-refractivity contribution < 1.29 is 8.42 Å². The van der Waals surface area contributed by atoms with E-state index in [1.54, 1.807) is 13.8 Å². The molecule has 0 unspecified atom stereocenters. The minimum absolute atomic E-state index is 0.0176. The first-order chi connectivity index (χ1) is 6.78. The van der Waals surface area contributed by atoms with Gasteiger partial charge in [0, 0.05) is 19.1 Å². The normalized spacial score (nSPS) is 13.1. The molecule has 0 fully saturated rings. The molecule has 0 aliphatic heterocycles. The number of nitrogens with two attached hydrogens (primary N) is 1. The van der Waals surface area contributed by atoms with Gasteiger partial charge < -0.3 is 5.73 Å². The molecule has 0 saturated heterocycles. The van der Waals surface area contributed by atoms with Gasteiger partial charge in [-0.15, -0.1) is 5.10 Å². The Kier molecular flexibility index (Phi) is 3.12. The summed E-state index contributed by atoms with van der Waals surface area (Å²) in [6, 6.07) is 0. The first-order valence-electron chi connectivity index (χ1n) is 4.37. The summed E-state index contributed by atoms with van der Waals surface area (Å²) < 4.78 is 27.3. The Balaban J connectivity index is 3.01. The average molecular weight is 233 g/mol. The van der Waals surface area contributed by atoms with Gasteiger partial charge >= 0.3 is 0 Å². The van der Waals surface area contributed by atoms with Gasteiger partial charge in [0.2, 0.25) is 0 Å². The molecule has 0 radical (unpaired) electrons. The summed E-state index contributed by atoms with van der Waals surface area (Å²) in [6.45, 7) is 3.61. The Hall–Kier alpha value is -0.990. The lowest BCUT2D eigenvalue weighted by atomic mass is 10.1. The zero-order valence-electron chi connectivity index (χ0n) is 8.93. The van der Waals surface area contributed by atoms with Gasteiger partial charge in [-0.3, -0.25) is 0 Å². The lowest BCUT2D eigenvalue weighted by Crippen LogP contribution is -2.49. The maximum absolute atomic E-state index is 11.8. The molecule has 0 aromatic carbocycles. The highest BCUT2D eigenvalue weighted by atomic mass is 32.2. The van der Waals surface area contributed by atoms with Crippen LogP contribution in [0.15, 0.2) is 11.2 Å². The molecule has 0 aliphatic rings. The molecule has 0 saturated carbocycles. The van der Waals surface area contributed by atoms with Crippen LogP contribution in [-0.2, 0) is 17.1 Å². The van der Waals surface area contributed by atoms with E-state index in [1.165, 1.54) is 17.9 Å². The predicted octanol–water partition coefficient (Wildman–Crippen LogP) is -1.17. The Morgan fingerprint density at radius 1 is 1.60 bits per heavy atom. The number of hydrogen-bond donors (Lipinski definition) is 2. The predicted molar refractivity (Wildman–Crippen MR) is 54.5 cm³/mol. The molecule has 0 amide bonds. The van der Waals surface area contributed by atoms with Crippen molar-refractivity contribution in [3.8, 4) is 0 Å². The van der Waals surface area contributed by atoms with Gasteiger partial charge in [0.25, 0.3) is 10.0 Å². The maximum atomic E-state index is 11.8. The molecule has 8 heteroatoms. The Morgan fingerprint density at radius 2 is 2.20 bits per heavy atom. The van der Waals surface area contributed by atoms with Crippen LogP contribution in [0, 0.1) is 0 Å². The molecule has 86 valence electrons. The van der Waals surface area contributed by atoms with E-state index in [0.29, 0.717) is 0 Å². The Labute approximate surface area is 88.7 Å². The second-order valence-electron chi connectivity index (χ2n) is 3.89. The van der Waals surface area contributed by atoms with Gasteiger partial charge in [-0.25, -0.2) is 17.8 Å². The van der Waals surface area contributed by atoms with Crippen molar-refractivity contribution in [2.24, 2.45) is 12.8 Å². The Morgan fingerprint density at radius 3 is 2.60 bits per heavy atom. The third-order valence-electron chi connectivity index (χ3n) is 1.87. The lowest BCUT2D eigenvalue weighted by Gasteiger charge is -2.23. The number of nitrogens with one attached hydrogen (secondary N) is 1. The van der Waals surface area contributed by atoms with E-state index >= 15 is 0 Å². The van der Waals surface area contributed by atoms with E-state index in [1.807, 2.05) is 0 Å². The number of nitrogens with zero attached hydrogens (tertiary/aromatic N) is 3. The summed E-state index contributed by atoms with van der Waals surface area (Å²) in [5.74, 6) is 0. The molecule has 0 atom stereocenters. The fourth-order valence-electron chi connectivity index (χ4n) is 0.981. The van der Waals surface area contributed by atoms with E-state index < -0.39 is 15.6 Å². The van der Waals surface area contributed by atoms with E-state index in [-0.39, 0.29) is 11.6 Å². The van der Waals surface area contributed by atoms with Crippen LogP contribution in [0.1, 0.15) is 13.8 Å². The summed E-state index contributed by atoms with van der Waals surface area (Å²) in [7, 11) is -2.10. The van der Waals surface area contributed by atoms with Crippen LogP contribution in [0.3, 0.4) is 0 Å². The first-order valence-corrected chi connectivity index (χ1v) is 5.85. The number of hydrogen-bond acceptors (Lipinski definition) is 5. The van der Waals surface area contributed by atoms with Gasteiger partial charge in [0.1, 0.15) is 0 Å². The maximum Gasteiger partial charge on any atom is 0.259 e. The van der Waals surface area contributed by atoms with Crippen molar-refractivity contribution in [1.29, 1.82) is 0 Å². The van der Waals surface area contributed by atoms with E-state index in [0.717, 1.165) is 0 Å². The third-order valence-corrected chi connectivity index (χ3v) is 3.61. The molecular formula is C7H15N5O2S.